The summed E-state index contributed by atoms with van der Waals surface area (Å²) in [5.41, 5.74) is 5.41. The number of primary amides is 1. The Labute approximate surface area is 88.9 Å². The Balaban J connectivity index is 2.76. The highest BCUT2D eigenvalue weighted by molar-refractivity contribution is 5.91. The van der Waals surface area contributed by atoms with Gasteiger partial charge in [0.2, 0.25) is 0 Å². The zero-order valence-corrected chi connectivity index (χ0v) is 8.93. The standard InChI is InChI=1S/C10H15N3O2/c1-13(6-7-15-2)9-5-3-4-8(12-9)10(11)14/h3-5H,6-7H2,1-2H3,(H2,11,14). The highest BCUT2D eigenvalue weighted by Gasteiger charge is 2.06. The van der Waals surface area contributed by atoms with E-state index in [9.17, 15) is 4.79 Å². The Morgan fingerprint density at radius 1 is 1.60 bits per heavy atom. The van der Waals surface area contributed by atoms with Gasteiger partial charge in [-0.15, -0.1) is 0 Å². The van der Waals surface area contributed by atoms with Crippen LogP contribution in [0, 0.1) is 0 Å². The van der Waals surface area contributed by atoms with Crippen LogP contribution in [0.1, 0.15) is 10.5 Å². The van der Waals surface area contributed by atoms with Gasteiger partial charge in [0.1, 0.15) is 11.5 Å². The molecule has 0 aliphatic carbocycles. The number of likely N-dealkylation sites (N-methyl/N-ethyl adjacent to an activating group) is 1. The molecular weight excluding hydrogens is 194 g/mol. The second-order valence-corrected chi connectivity index (χ2v) is 3.16. The number of amides is 1. The van der Waals surface area contributed by atoms with E-state index in [2.05, 4.69) is 4.98 Å². The minimum absolute atomic E-state index is 0.275. The molecule has 1 heterocycles. The number of rotatable bonds is 5. The maximum Gasteiger partial charge on any atom is 0.267 e. The molecule has 0 radical (unpaired) electrons. The number of aromatic nitrogens is 1. The van der Waals surface area contributed by atoms with Crippen molar-refractivity contribution in [2.75, 3.05) is 32.2 Å². The van der Waals surface area contributed by atoms with E-state index in [1.807, 2.05) is 18.0 Å². The molecule has 0 aliphatic rings. The van der Waals surface area contributed by atoms with Gasteiger partial charge in [-0.1, -0.05) is 6.07 Å². The van der Waals surface area contributed by atoms with Crippen molar-refractivity contribution < 1.29 is 9.53 Å². The Kier molecular flexibility index (Phi) is 4.05. The fourth-order valence-electron chi connectivity index (χ4n) is 1.12. The average molecular weight is 209 g/mol. The fraction of sp³-hybridized carbons (Fsp3) is 0.400. The van der Waals surface area contributed by atoms with Gasteiger partial charge < -0.3 is 15.4 Å². The van der Waals surface area contributed by atoms with Crippen LogP contribution in [0.4, 0.5) is 5.82 Å². The second-order valence-electron chi connectivity index (χ2n) is 3.16. The largest absolute Gasteiger partial charge is 0.383 e. The van der Waals surface area contributed by atoms with Gasteiger partial charge in [0.15, 0.2) is 0 Å². The van der Waals surface area contributed by atoms with Crippen LogP contribution in [0.5, 0.6) is 0 Å². The summed E-state index contributed by atoms with van der Waals surface area (Å²) in [5, 5.41) is 0. The Morgan fingerprint density at radius 2 is 2.33 bits per heavy atom. The van der Waals surface area contributed by atoms with Crippen LogP contribution < -0.4 is 10.6 Å². The second kappa shape index (κ2) is 5.31. The van der Waals surface area contributed by atoms with E-state index < -0.39 is 5.91 Å². The Bertz CT molecular complexity index is 341. The van der Waals surface area contributed by atoms with Crippen LogP contribution in [0.2, 0.25) is 0 Å². The zero-order chi connectivity index (χ0) is 11.3. The lowest BCUT2D eigenvalue weighted by molar-refractivity contribution is 0.0995. The summed E-state index contributed by atoms with van der Waals surface area (Å²) in [4.78, 5) is 16.9. The number of nitrogens with two attached hydrogens (primary N) is 1. The summed E-state index contributed by atoms with van der Waals surface area (Å²) in [7, 11) is 3.52. The van der Waals surface area contributed by atoms with E-state index in [4.69, 9.17) is 10.5 Å². The maximum absolute atomic E-state index is 10.9. The fourth-order valence-corrected chi connectivity index (χ4v) is 1.12. The van der Waals surface area contributed by atoms with Crippen molar-refractivity contribution in [2.24, 2.45) is 5.73 Å². The van der Waals surface area contributed by atoms with E-state index >= 15 is 0 Å². The summed E-state index contributed by atoms with van der Waals surface area (Å²) in [5.74, 6) is 0.195. The first-order valence-corrected chi connectivity index (χ1v) is 4.62. The first-order valence-electron chi connectivity index (χ1n) is 4.62. The van der Waals surface area contributed by atoms with E-state index in [0.29, 0.717) is 19.0 Å². The SMILES string of the molecule is COCCN(C)c1cccc(C(N)=O)n1. The van der Waals surface area contributed by atoms with Crippen LogP contribution in [-0.2, 0) is 4.74 Å². The molecule has 0 saturated carbocycles. The zero-order valence-electron chi connectivity index (χ0n) is 8.93. The van der Waals surface area contributed by atoms with E-state index in [0.717, 1.165) is 0 Å². The number of methoxy groups -OCH3 is 1. The molecule has 0 aliphatic heterocycles. The monoisotopic (exact) mass is 209 g/mol. The minimum Gasteiger partial charge on any atom is -0.383 e. The molecule has 1 rings (SSSR count). The molecule has 15 heavy (non-hydrogen) atoms. The molecule has 1 aromatic rings. The highest BCUT2D eigenvalue weighted by atomic mass is 16.5. The molecule has 5 nitrogen and oxygen atoms in total. The number of hydrogen-bond acceptors (Lipinski definition) is 4. The molecule has 5 heteroatoms. The predicted molar refractivity (Wildman–Crippen MR) is 57.9 cm³/mol. The van der Waals surface area contributed by atoms with Gasteiger partial charge in [-0.25, -0.2) is 4.98 Å². The molecule has 2 N–H and O–H groups in total. The number of carbonyl (C=O) groups is 1. The Hall–Kier alpha value is -1.62. The predicted octanol–water partition coefficient (Wildman–Crippen LogP) is 0.263. The van der Waals surface area contributed by atoms with Crippen molar-refractivity contribution in [3.05, 3.63) is 23.9 Å². The summed E-state index contributed by atoms with van der Waals surface area (Å²) in [6.45, 7) is 1.32. The van der Waals surface area contributed by atoms with Crippen LogP contribution >= 0.6 is 0 Å². The smallest absolute Gasteiger partial charge is 0.267 e. The molecule has 0 atom stereocenters. The maximum atomic E-state index is 10.9. The number of hydrogen-bond donors (Lipinski definition) is 1. The quantitative estimate of drug-likeness (QED) is 0.755. The van der Waals surface area contributed by atoms with Crippen LogP contribution in [0.3, 0.4) is 0 Å². The number of nitrogens with zero attached hydrogens (tertiary/aromatic N) is 2. The van der Waals surface area contributed by atoms with Crippen LogP contribution in [0.15, 0.2) is 18.2 Å². The lowest BCUT2D eigenvalue weighted by Gasteiger charge is -2.17. The van der Waals surface area contributed by atoms with E-state index in [-0.39, 0.29) is 5.69 Å². The molecule has 82 valence electrons. The number of pyridine rings is 1. The number of ether oxygens (including phenoxy) is 1. The van der Waals surface area contributed by atoms with E-state index in [1.54, 1.807) is 19.2 Å². The Morgan fingerprint density at radius 3 is 2.93 bits per heavy atom. The molecule has 0 unspecified atom stereocenters. The van der Waals surface area contributed by atoms with Gasteiger partial charge in [0, 0.05) is 20.7 Å². The molecule has 1 amide bonds. The third-order valence-electron chi connectivity index (χ3n) is 2.01. The first kappa shape index (κ1) is 11.5. The minimum atomic E-state index is -0.517. The van der Waals surface area contributed by atoms with Gasteiger partial charge in [-0.3, -0.25) is 4.79 Å². The van der Waals surface area contributed by atoms with Crippen molar-refractivity contribution >= 4 is 11.7 Å². The normalized spacial score (nSPS) is 10.0. The van der Waals surface area contributed by atoms with Crippen molar-refractivity contribution in [1.82, 2.24) is 4.98 Å². The topological polar surface area (TPSA) is 68.5 Å². The number of anilines is 1. The highest BCUT2D eigenvalue weighted by Crippen LogP contribution is 2.08. The molecule has 1 aromatic heterocycles. The summed E-state index contributed by atoms with van der Waals surface area (Å²) in [6.07, 6.45) is 0. The first-order chi connectivity index (χ1) is 7.15. The van der Waals surface area contributed by atoms with Crippen molar-refractivity contribution in [1.29, 1.82) is 0 Å². The third kappa shape index (κ3) is 3.21. The molecule has 0 bridgehead atoms. The van der Waals surface area contributed by atoms with Gasteiger partial charge in [-0.2, -0.15) is 0 Å². The lowest BCUT2D eigenvalue weighted by Crippen LogP contribution is -2.24. The van der Waals surface area contributed by atoms with Gasteiger partial charge in [0.25, 0.3) is 5.91 Å². The number of carbonyl (C=O) groups excluding carboxylic acids is 1. The van der Waals surface area contributed by atoms with Crippen molar-refractivity contribution in [2.45, 2.75) is 0 Å². The lowest BCUT2D eigenvalue weighted by atomic mass is 10.3. The third-order valence-corrected chi connectivity index (χ3v) is 2.01. The summed E-state index contributed by atoms with van der Waals surface area (Å²) < 4.78 is 4.95. The van der Waals surface area contributed by atoms with Gasteiger partial charge in [0.05, 0.1) is 6.61 Å². The molecule has 0 spiro atoms. The molecule has 0 fully saturated rings. The molecular formula is C10H15N3O2. The van der Waals surface area contributed by atoms with Crippen LogP contribution in [0.25, 0.3) is 0 Å². The van der Waals surface area contributed by atoms with Crippen LogP contribution in [-0.4, -0.2) is 38.2 Å². The van der Waals surface area contributed by atoms with Gasteiger partial charge in [-0.05, 0) is 12.1 Å². The molecule has 0 aromatic carbocycles. The van der Waals surface area contributed by atoms with Crippen molar-refractivity contribution in [3.8, 4) is 0 Å². The van der Waals surface area contributed by atoms with Crippen molar-refractivity contribution in [3.63, 3.8) is 0 Å². The average Bonchev–Trinajstić information content (AvgIpc) is 2.26. The summed E-state index contributed by atoms with van der Waals surface area (Å²) in [6, 6.07) is 5.17. The van der Waals surface area contributed by atoms with Gasteiger partial charge >= 0.3 is 0 Å². The molecule has 0 saturated heterocycles. The summed E-state index contributed by atoms with van der Waals surface area (Å²) >= 11 is 0. The van der Waals surface area contributed by atoms with E-state index in [1.165, 1.54) is 0 Å².